The normalized spacial score (nSPS) is 23.4. The van der Waals surface area contributed by atoms with Gasteiger partial charge in [-0.1, -0.05) is 56.5 Å². The summed E-state index contributed by atoms with van der Waals surface area (Å²) < 4.78 is 0. The van der Waals surface area contributed by atoms with Gasteiger partial charge in [0.15, 0.2) is 5.17 Å². The number of hydrogen-bond acceptors (Lipinski definition) is 3. The lowest BCUT2D eigenvalue weighted by molar-refractivity contribution is -0.116. The van der Waals surface area contributed by atoms with Gasteiger partial charge < -0.3 is 10.2 Å². The molecule has 1 amide bonds. The highest BCUT2D eigenvalue weighted by molar-refractivity contribution is 8.14. The average Bonchev–Trinajstić information content (AvgIpc) is 3.50. The second-order valence-corrected chi connectivity index (χ2v) is 9.85. The SMILES string of the molecule is CCCCc1ccc(NC(=O)CC2CSC(=NC3CCCCC3)N2C2CC2)cc1.Cl. The van der Waals surface area contributed by atoms with Crippen LogP contribution in [0.2, 0.25) is 0 Å². The van der Waals surface area contributed by atoms with E-state index in [1.54, 1.807) is 0 Å². The first-order valence-electron chi connectivity index (χ1n) is 11.6. The number of amidine groups is 1. The van der Waals surface area contributed by atoms with Gasteiger partial charge >= 0.3 is 0 Å². The summed E-state index contributed by atoms with van der Waals surface area (Å²) in [5.74, 6) is 1.12. The molecule has 0 radical (unpaired) electrons. The van der Waals surface area contributed by atoms with Gasteiger partial charge in [0, 0.05) is 29.9 Å². The molecule has 0 bridgehead atoms. The van der Waals surface area contributed by atoms with Crippen LogP contribution in [0.5, 0.6) is 0 Å². The van der Waals surface area contributed by atoms with Crippen molar-refractivity contribution in [1.29, 1.82) is 0 Å². The first-order chi connectivity index (χ1) is 14.2. The van der Waals surface area contributed by atoms with E-state index in [1.165, 1.54) is 68.5 Å². The van der Waals surface area contributed by atoms with Gasteiger partial charge in [-0.05, 0) is 56.2 Å². The van der Waals surface area contributed by atoms with Gasteiger partial charge in [0.1, 0.15) is 0 Å². The maximum atomic E-state index is 12.7. The third-order valence-electron chi connectivity index (χ3n) is 6.30. The van der Waals surface area contributed by atoms with E-state index in [0.717, 1.165) is 17.9 Å². The van der Waals surface area contributed by atoms with Crippen LogP contribution >= 0.6 is 24.2 Å². The number of benzene rings is 1. The third-order valence-corrected chi connectivity index (χ3v) is 7.43. The number of rotatable bonds is 8. The van der Waals surface area contributed by atoms with Crippen LogP contribution in [-0.2, 0) is 11.2 Å². The van der Waals surface area contributed by atoms with Crippen molar-refractivity contribution in [3.63, 3.8) is 0 Å². The lowest BCUT2D eigenvalue weighted by Gasteiger charge is -2.27. The fourth-order valence-electron chi connectivity index (χ4n) is 4.48. The van der Waals surface area contributed by atoms with E-state index >= 15 is 0 Å². The first-order valence-corrected chi connectivity index (χ1v) is 12.6. The summed E-state index contributed by atoms with van der Waals surface area (Å²) in [4.78, 5) is 20.3. The summed E-state index contributed by atoms with van der Waals surface area (Å²) in [6.07, 6.45) is 13.1. The summed E-state index contributed by atoms with van der Waals surface area (Å²) in [5, 5.41) is 4.33. The van der Waals surface area contributed by atoms with E-state index < -0.39 is 0 Å². The lowest BCUT2D eigenvalue weighted by atomic mass is 9.96. The topological polar surface area (TPSA) is 44.7 Å². The number of aliphatic imine (C=N–C) groups is 1. The number of nitrogens with one attached hydrogen (secondary N) is 1. The second-order valence-electron chi connectivity index (χ2n) is 8.86. The Hall–Kier alpha value is -1.20. The van der Waals surface area contributed by atoms with E-state index in [-0.39, 0.29) is 18.3 Å². The largest absolute Gasteiger partial charge is 0.344 e. The molecule has 1 saturated heterocycles. The Labute approximate surface area is 192 Å². The maximum Gasteiger partial charge on any atom is 0.226 e. The van der Waals surface area contributed by atoms with Crippen LogP contribution in [0.25, 0.3) is 0 Å². The maximum absolute atomic E-state index is 12.7. The molecule has 1 aliphatic heterocycles. The molecule has 4 nitrogen and oxygen atoms in total. The van der Waals surface area contributed by atoms with Crippen LogP contribution in [0.3, 0.4) is 0 Å². The van der Waals surface area contributed by atoms with Gasteiger partial charge in [-0.2, -0.15) is 0 Å². The van der Waals surface area contributed by atoms with E-state index in [0.29, 0.717) is 24.5 Å². The Morgan fingerprint density at radius 2 is 1.87 bits per heavy atom. The number of unbranched alkanes of at least 4 members (excludes halogenated alkanes) is 1. The van der Waals surface area contributed by atoms with E-state index in [4.69, 9.17) is 4.99 Å². The Kier molecular flexibility index (Phi) is 8.94. The van der Waals surface area contributed by atoms with Crippen molar-refractivity contribution in [2.75, 3.05) is 11.1 Å². The molecule has 2 saturated carbocycles. The van der Waals surface area contributed by atoms with E-state index in [1.807, 2.05) is 23.9 Å². The quantitative estimate of drug-likeness (QED) is 0.525. The van der Waals surface area contributed by atoms with Crippen molar-refractivity contribution >= 4 is 40.9 Å². The number of thioether (sulfide) groups is 1. The molecule has 1 atom stereocenters. The number of anilines is 1. The summed E-state index contributed by atoms with van der Waals surface area (Å²) in [6, 6.07) is 9.78. The highest BCUT2D eigenvalue weighted by Crippen LogP contribution is 2.38. The highest BCUT2D eigenvalue weighted by Gasteiger charge is 2.41. The highest BCUT2D eigenvalue weighted by atomic mass is 35.5. The van der Waals surface area contributed by atoms with E-state index in [2.05, 4.69) is 29.3 Å². The molecule has 2 aliphatic carbocycles. The van der Waals surface area contributed by atoms with Gasteiger partial charge in [-0.15, -0.1) is 12.4 Å². The van der Waals surface area contributed by atoms with Crippen molar-refractivity contribution in [2.24, 2.45) is 4.99 Å². The molecule has 1 unspecified atom stereocenters. The van der Waals surface area contributed by atoms with Crippen molar-refractivity contribution in [2.45, 2.75) is 95.7 Å². The smallest absolute Gasteiger partial charge is 0.226 e. The van der Waals surface area contributed by atoms with Crippen LogP contribution in [0.4, 0.5) is 5.69 Å². The minimum Gasteiger partial charge on any atom is -0.344 e. The van der Waals surface area contributed by atoms with Crippen LogP contribution in [0.15, 0.2) is 29.3 Å². The molecule has 166 valence electrons. The van der Waals surface area contributed by atoms with Gasteiger partial charge in [-0.25, -0.2) is 0 Å². The molecule has 6 heteroatoms. The van der Waals surface area contributed by atoms with Crippen molar-refractivity contribution in [3.05, 3.63) is 29.8 Å². The van der Waals surface area contributed by atoms with Crippen LogP contribution in [0.1, 0.15) is 76.7 Å². The molecule has 1 N–H and O–H groups in total. The number of aryl methyl sites for hydroxylation is 1. The number of hydrogen-bond donors (Lipinski definition) is 1. The minimum absolute atomic E-state index is 0. The third kappa shape index (κ3) is 6.40. The molecule has 0 aromatic heterocycles. The van der Waals surface area contributed by atoms with Gasteiger partial charge in [0.05, 0.1) is 6.04 Å². The lowest BCUT2D eigenvalue weighted by Crippen LogP contribution is -2.39. The summed E-state index contributed by atoms with van der Waals surface area (Å²) in [7, 11) is 0. The molecule has 0 spiro atoms. The summed E-state index contributed by atoms with van der Waals surface area (Å²) >= 11 is 1.87. The molecule has 30 heavy (non-hydrogen) atoms. The van der Waals surface area contributed by atoms with Crippen LogP contribution < -0.4 is 5.32 Å². The second kappa shape index (κ2) is 11.4. The molecule has 1 aromatic carbocycles. The van der Waals surface area contributed by atoms with Crippen molar-refractivity contribution < 1.29 is 4.79 Å². The molecular formula is C24H36ClN3OS. The van der Waals surface area contributed by atoms with E-state index in [9.17, 15) is 4.79 Å². The predicted molar refractivity (Wildman–Crippen MR) is 131 cm³/mol. The summed E-state index contributed by atoms with van der Waals surface area (Å²) in [5.41, 5.74) is 2.26. The fraction of sp³-hybridized carbons (Fsp3) is 0.667. The summed E-state index contributed by atoms with van der Waals surface area (Å²) in [6.45, 7) is 2.21. The zero-order valence-corrected chi connectivity index (χ0v) is 19.8. The number of carbonyl (C=O) groups is 1. The molecule has 1 aromatic rings. The Balaban J connectivity index is 0.00000256. The number of carbonyl (C=O) groups excluding carboxylic acids is 1. The molecular weight excluding hydrogens is 414 g/mol. The zero-order chi connectivity index (χ0) is 20.1. The molecule has 1 heterocycles. The van der Waals surface area contributed by atoms with Gasteiger partial charge in [0.2, 0.25) is 5.91 Å². The first kappa shape index (κ1) is 23.5. The predicted octanol–water partition coefficient (Wildman–Crippen LogP) is 6.05. The Morgan fingerprint density at radius 3 is 2.53 bits per heavy atom. The Bertz CT molecular complexity index is 714. The Morgan fingerprint density at radius 1 is 1.13 bits per heavy atom. The number of nitrogens with zero attached hydrogens (tertiary/aromatic N) is 2. The van der Waals surface area contributed by atoms with Crippen molar-refractivity contribution in [3.8, 4) is 0 Å². The molecule has 3 fully saturated rings. The number of halogens is 1. The van der Waals surface area contributed by atoms with Gasteiger partial charge in [-0.3, -0.25) is 9.79 Å². The van der Waals surface area contributed by atoms with Gasteiger partial charge in [0.25, 0.3) is 0 Å². The fourth-order valence-corrected chi connectivity index (χ4v) is 5.77. The monoisotopic (exact) mass is 449 g/mol. The molecule has 4 rings (SSSR count). The molecule has 3 aliphatic rings. The average molecular weight is 450 g/mol. The van der Waals surface area contributed by atoms with Crippen LogP contribution in [0, 0.1) is 0 Å². The standard InChI is InChI=1S/C24H35N3OS.ClH/c1-2-3-7-18-10-12-20(13-11-18)25-23(28)16-22-17-29-24(27(22)21-14-15-21)26-19-8-5-4-6-9-19;/h10-13,19,21-22H,2-9,14-17H2,1H3,(H,25,28);1H. The number of amides is 1. The zero-order valence-electron chi connectivity index (χ0n) is 18.1. The van der Waals surface area contributed by atoms with Crippen molar-refractivity contribution in [1.82, 2.24) is 4.90 Å². The minimum atomic E-state index is 0. The van der Waals surface area contributed by atoms with Crippen LogP contribution in [-0.4, -0.2) is 39.9 Å².